The van der Waals surface area contributed by atoms with Crippen LogP contribution in [0.25, 0.3) is 17.1 Å². The second-order valence-corrected chi connectivity index (χ2v) is 6.18. The smallest absolute Gasteiger partial charge is 0.0961 e. The van der Waals surface area contributed by atoms with Gasteiger partial charge in [-0.25, -0.2) is 4.98 Å². The maximum atomic E-state index is 5.13. The number of fused-ring (bicyclic) bond motifs is 1. The van der Waals surface area contributed by atoms with E-state index in [1.807, 2.05) is 24.2 Å². The summed E-state index contributed by atoms with van der Waals surface area (Å²) in [4.78, 5) is 5.85. The minimum Gasteiger partial charge on any atom is -0.472 e. The van der Waals surface area contributed by atoms with Crippen molar-refractivity contribution in [3.8, 4) is 0 Å². The van der Waals surface area contributed by atoms with Gasteiger partial charge >= 0.3 is 0 Å². The Morgan fingerprint density at radius 1 is 1.38 bits per heavy atom. The lowest BCUT2D eigenvalue weighted by Crippen LogP contribution is -2.04. The first kappa shape index (κ1) is 12.7. The summed E-state index contributed by atoms with van der Waals surface area (Å²) in [6, 6.07) is 8.40. The zero-order valence-electron chi connectivity index (χ0n) is 11.5. The third-order valence-corrected chi connectivity index (χ3v) is 4.55. The zero-order chi connectivity index (χ0) is 14.1. The number of nitrogens with zero attached hydrogens (tertiary/aromatic N) is 2. The molecule has 0 radical (unpaired) electrons. The van der Waals surface area contributed by atoms with Crippen molar-refractivity contribution in [3.63, 3.8) is 0 Å². The molecule has 1 aromatic carbocycles. The van der Waals surface area contributed by atoms with Crippen LogP contribution >= 0.6 is 11.8 Å². The summed E-state index contributed by atoms with van der Waals surface area (Å²) >= 11 is 1.87. The lowest BCUT2D eigenvalue weighted by molar-refractivity contribution is 0.562. The molecule has 4 nitrogen and oxygen atoms in total. The largest absolute Gasteiger partial charge is 0.472 e. The Morgan fingerprint density at radius 2 is 2.38 bits per heavy atom. The number of hydrogen-bond donors (Lipinski definition) is 1. The van der Waals surface area contributed by atoms with Crippen LogP contribution in [0.5, 0.6) is 0 Å². The van der Waals surface area contributed by atoms with Crippen LogP contribution < -0.4 is 5.32 Å². The molecule has 1 aliphatic heterocycles. The van der Waals surface area contributed by atoms with E-state index in [-0.39, 0.29) is 0 Å². The van der Waals surface area contributed by atoms with Crippen molar-refractivity contribution in [1.82, 2.24) is 14.9 Å². The number of aromatic nitrogens is 2. The van der Waals surface area contributed by atoms with E-state index in [0.29, 0.717) is 0 Å². The highest BCUT2D eigenvalue weighted by atomic mass is 32.2. The molecule has 0 spiro atoms. The molecule has 0 saturated carbocycles. The summed E-state index contributed by atoms with van der Waals surface area (Å²) in [6.45, 7) is 1.75. The van der Waals surface area contributed by atoms with Crippen molar-refractivity contribution in [2.75, 3.05) is 12.4 Å². The number of rotatable bonds is 3. The molecule has 0 unspecified atom stereocenters. The second kappa shape index (κ2) is 5.42. The first-order valence-electron chi connectivity index (χ1n) is 6.88. The van der Waals surface area contributed by atoms with Crippen LogP contribution in [0.2, 0.25) is 0 Å². The monoisotopic (exact) mass is 297 g/mol. The van der Waals surface area contributed by atoms with Crippen molar-refractivity contribution in [1.29, 1.82) is 0 Å². The number of furan rings is 1. The minimum absolute atomic E-state index is 0.781. The summed E-state index contributed by atoms with van der Waals surface area (Å²) in [5.74, 6) is 1.01. The predicted octanol–water partition coefficient (Wildman–Crippen LogP) is 3.31. The van der Waals surface area contributed by atoms with Crippen molar-refractivity contribution in [2.24, 2.45) is 0 Å². The molecule has 0 bridgehead atoms. The molecule has 5 heteroatoms. The number of nitrogens with one attached hydrogen (secondary N) is 1. The fourth-order valence-corrected chi connectivity index (χ4v) is 3.33. The molecule has 2 aromatic heterocycles. The average molecular weight is 297 g/mol. The standard InChI is InChI=1S/C16H15N3OS/c1-2-15-16(6-12(1)5-14-7-17-11-21-14)19(10-18-15)8-13-3-4-20-9-13/h1-6,9-10,17H,7-8,11H2. The fraction of sp³-hybridized carbons (Fsp3) is 0.188. The molecule has 0 amide bonds. The second-order valence-electron chi connectivity index (χ2n) is 5.08. The minimum atomic E-state index is 0.781. The molecule has 106 valence electrons. The highest BCUT2D eigenvalue weighted by Gasteiger charge is 2.08. The third kappa shape index (κ3) is 2.62. The van der Waals surface area contributed by atoms with E-state index in [9.17, 15) is 0 Å². The maximum Gasteiger partial charge on any atom is 0.0961 e. The Labute approximate surface area is 126 Å². The van der Waals surface area contributed by atoms with Crippen LogP contribution in [0, 0.1) is 0 Å². The van der Waals surface area contributed by atoms with E-state index in [1.54, 1.807) is 12.5 Å². The van der Waals surface area contributed by atoms with Crippen LogP contribution in [0.3, 0.4) is 0 Å². The predicted molar refractivity (Wildman–Crippen MR) is 86.0 cm³/mol. The normalized spacial score (nSPS) is 17.0. The van der Waals surface area contributed by atoms with Gasteiger partial charge in [-0.2, -0.15) is 0 Å². The van der Waals surface area contributed by atoms with E-state index in [0.717, 1.165) is 35.6 Å². The van der Waals surface area contributed by atoms with Gasteiger partial charge in [-0.05, 0) is 29.8 Å². The van der Waals surface area contributed by atoms with Crippen molar-refractivity contribution < 1.29 is 4.42 Å². The lowest BCUT2D eigenvalue weighted by atomic mass is 10.2. The molecular formula is C16H15N3OS. The summed E-state index contributed by atoms with van der Waals surface area (Å²) in [5.41, 5.74) is 4.55. The van der Waals surface area contributed by atoms with Gasteiger partial charge in [0.1, 0.15) is 0 Å². The molecular weight excluding hydrogens is 282 g/mol. The topological polar surface area (TPSA) is 43.0 Å². The Bertz CT molecular complexity index is 781. The maximum absolute atomic E-state index is 5.13. The Morgan fingerprint density at radius 3 is 3.19 bits per heavy atom. The Kier molecular flexibility index (Phi) is 3.29. The van der Waals surface area contributed by atoms with Crippen LogP contribution in [0.4, 0.5) is 0 Å². The molecule has 0 aliphatic carbocycles. The number of thioether (sulfide) groups is 1. The fourth-order valence-electron chi connectivity index (χ4n) is 2.52. The van der Waals surface area contributed by atoms with Gasteiger partial charge in [0, 0.05) is 22.9 Å². The Hall–Kier alpha value is -1.98. The molecule has 1 aliphatic rings. The highest BCUT2D eigenvalue weighted by Crippen LogP contribution is 2.24. The van der Waals surface area contributed by atoms with E-state index in [4.69, 9.17) is 4.42 Å². The summed E-state index contributed by atoms with van der Waals surface area (Å²) < 4.78 is 7.29. The van der Waals surface area contributed by atoms with E-state index < -0.39 is 0 Å². The lowest BCUT2D eigenvalue weighted by Gasteiger charge is -2.03. The van der Waals surface area contributed by atoms with E-state index >= 15 is 0 Å². The van der Waals surface area contributed by atoms with Gasteiger partial charge in [-0.3, -0.25) is 0 Å². The number of hydrogen-bond acceptors (Lipinski definition) is 4. The zero-order valence-corrected chi connectivity index (χ0v) is 12.3. The molecule has 1 fully saturated rings. The Balaban J connectivity index is 1.70. The molecule has 1 N–H and O–H groups in total. The van der Waals surface area contributed by atoms with E-state index in [2.05, 4.69) is 39.1 Å². The molecule has 3 aromatic rings. The van der Waals surface area contributed by atoms with Crippen LogP contribution in [0.1, 0.15) is 11.1 Å². The van der Waals surface area contributed by atoms with E-state index in [1.165, 1.54) is 10.5 Å². The van der Waals surface area contributed by atoms with Crippen molar-refractivity contribution >= 4 is 28.9 Å². The number of benzene rings is 1. The van der Waals surface area contributed by atoms with Gasteiger partial charge in [0.05, 0.1) is 36.4 Å². The van der Waals surface area contributed by atoms with Crippen molar-refractivity contribution in [2.45, 2.75) is 6.54 Å². The van der Waals surface area contributed by atoms with Gasteiger partial charge in [-0.1, -0.05) is 6.07 Å². The molecule has 21 heavy (non-hydrogen) atoms. The molecule has 3 heterocycles. The first-order chi connectivity index (χ1) is 10.4. The summed E-state index contributed by atoms with van der Waals surface area (Å²) in [7, 11) is 0. The quantitative estimate of drug-likeness (QED) is 0.805. The van der Waals surface area contributed by atoms with Gasteiger partial charge in [0.15, 0.2) is 0 Å². The summed E-state index contributed by atoms with van der Waals surface area (Å²) in [6.07, 6.45) is 7.62. The van der Waals surface area contributed by atoms with Gasteiger partial charge in [0.2, 0.25) is 0 Å². The number of imidazole rings is 1. The molecule has 1 saturated heterocycles. The van der Waals surface area contributed by atoms with Gasteiger partial charge in [-0.15, -0.1) is 11.8 Å². The van der Waals surface area contributed by atoms with Crippen LogP contribution in [0.15, 0.2) is 52.4 Å². The third-order valence-electron chi connectivity index (χ3n) is 3.56. The van der Waals surface area contributed by atoms with Gasteiger partial charge in [0.25, 0.3) is 0 Å². The van der Waals surface area contributed by atoms with Crippen LogP contribution in [-0.4, -0.2) is 22.0 Å². The molecule has 4 rings (SSSR count). The SMILES string of the molecule is C(=C1CNCS1)c1ccc2ncn(Cc3ccoc3)c2c1. The van der Waals surface area contributed by atoms with Crippen molar-refractivity contribution in [3.05, 3.63) is 59.2 Å². The van der Waals surface area contributed by atoms with Gasteiger partial charge < -0.3 is 14.3 Å². The van der Waals surface area contributed by atoms with Crippen LogP contribution in [-0.2, 0) is 6.54 Å². The highest BCUT2D eigenvalue weighted by molar-refractivity contribution is 8.03. The summed E-state index contributed by atoms with van der Waals surface area (Å²) in [5, 5.41) is 3.33. The molecule has 0 atom stereocenters. The first-order valence-corrected chi connectivity index (χ1v) is 7.87. The average Bonchev–Trinajstić information content (AvgIpc) is 3.22.